The number of esters is 1. The fourth-order valence-electron chi connectivity index (χ4n) is 5.36. The summed E-state index contributed by atoms with van der Waals surface area (Å²) in [5.41, 5.74) is 1.27. The second-order valence-electron chi connectivity index (χ2n) is 10.4. The first-order chi connectivity index (χ1) is 21.2. The van der Waals surface area contributed by atoms with Gasteiger partial charge in [0.25, 0.3) is 0 Å². The molecule has 3 aromatic carbocycles. The lowest BCUT2D eigenvalue weighted by molar-refractivity contribution is -0.153. The summed E-state index contributed by atoms with van der Waals surface area (Å²) in [4.78, 5) is 53.5. The van der Waals surface area contributed by atoms with Crippen LogP contribution >= 0.6 is 23.2 Å². The van der Waals surface area contributed by atoms with Gasteiger partial charge < -0.3 is 25.2 Å². The van der Waals surface area contributed by atoms with Crippen LogP contribution in [0.5, 0.6) is 11.5 Å². The SMILES string of the molecule is CCCCC(OC(=O)[C@H](Cc1ccc(N(CCCl)CCCl)cc1)NC=O)c1cc(O)c2c(c1O)C(=O)c1ccccc1C2=O. The normalized spacial score (nSPS) is 13.4. The van der Waals surface area contributed by atoms with Crippen LogP contribution < -0.4 is 10.2 Å². The van der Waals surface area contributed by atoms with E-state index >= 15 is 0 Å². The quantitative estimate of drug-likeness (QED) is 0.0691. The molecule has 0 saturated carbocycles. The number of phenols is 2. The molecule has 4 rings (SSSR count). The van der Waals surface area contributed by atoms with Crippen molar-refractivity contribution in [1.82, 2.24) is 5.32 Å². The Kier molecular flexibility index (Phi) is 11.3. The molecule has 0 fully saturated rings. The fraction of sp³-hybridized carbons (Fsp3) is 0.333. The van der Waals surface area contributed by atoms with E-state index in [0.29, 0.717) is 37.7 Å². The minimum Gasteiger partial charge on any atom is -0.507 e. The monoisotopic (exact) mass is 640 g/mol. The second kappa shape index (κ2) is 15.1. The number of nitrogens with one attached hydrogen (secondary N) is 1. The van der Waals surface area contributed by atoms with Crippen LogP contribution in [0.1, 0.15) is 75.3 Å². The van der Waals surface area contributed by atoms with Crippen LogP contribution in [0, 0.1) is 0 Å². The van der Waals surface area contributed by atoms with Crippen molar-refractivity contribution in [1.29, 1.82) is 0 Å². The van der Waals surface area contributed by atoms with E-state index < -0.39 is 41.2 Å². The summed E-state index contributed by atoms with van der Waals surface area (Å²) in [5.74, 6) is -2.14. The van der Waals surface area contributed by atoms with Crippen molar-refractivity contribution in [2.45, 2.75) is 44.8 Å². The number of amides is 1. The average Bonchev–Trinajstić information content (AvgIpc) is 3.02. The lowest BCUT2D eigenvalue weighted by atomic mass is 9.81. The Morgan fingerprint density at radius 1 is 0.977 bits per heavy atom. The Hall–Kier alpha value is -4.08. The van der Waals surface area contributed by atoms with Crippen LogP contribution in [0.3, 0.4) is 0 Å². The zero-order valence-electron chi connectivity index (χ0n) is 24.2. The average molecular weight is 642 g/mol. The molecule has 1 aliphatic carbocycles. The zero-order valence-corrected chi connectivity index (χ0v) is 25.7. The van der Waals surface area contributed by atoms with Gasteiger partial charge >= 0.3 is 5.97 Å². The molecule has 1 amide bonds. The number of aromatic hydroxyl groups is 2. The van der Waals surface area contributed by atoms with E-state index in [1.165, 1.54) is 12.1 Å². The van der Waals surface area contributed by atoms with Crippen LogP contribution in [0.15, 0.2) is 54.6 Å². The number of anilines is 1. The van der Waals surface area contributed by atoms with Crippen LogP contribution in [0.25, 0.3) is 0 Å². The standard InChI is InChI=1S/C33H34Cl2N2O7/c1-2-3-8-27(24-18-26(39)28-29(32(24)42)31(41)23-7-5-4-6-22(23)30(28)40)44-33(43)25(36-19-38)17-20-9-11-21(12-10-20)37(15-13-34)16-14-35/h4-7,9-12,18-19,25,27,39,42H,2-3,8,13-17H2,1H3,(H,36,38)/t25-,27?/m0/s1. The van der Waals surface area contributed by atoms with E-state index in [0.717, 1.165) is 23.7 Å². The lowest BCUT2D eigenvalue weighted by Gasteiger charge is -2.26. The van der Waals surface area contributed by atoms with Gasteiger partial charge in [-0.25, -0.2) is 4.79 Å². The number of halogens is 2. The molecule has 0 saturated heterocycles. The van der Waals surface area contributed by atoms with Gasteiger partial charge in [-0.05, 0) is 36.6 Å². The molecule has 0 aliphatic heterocycles. The first-order valence-electron chi connectivity index (χ1n) is 14.4. The van der Waals surface area contributed by atoms with Gasteiger partial charge in [0.15, 0.2) is 11.6 Å². The van der Waals surface area contributed by atoms with Gasteiger partial charge in [-0.1, -0.05) is 49.7 Å². The molecule has 0 heterocycles. The van der Waals surface area contributed by atoms with E-state index in [2.05, 4.69) is 5.32 Å². The van der Waals surface area contributed by atoms with Crippen molar-refractivity contribution in [3.05, 3.63) is 88.0 Å². The van der Waals surface area contributed by atoms with Crippen LogP contribution in [-0.4, -0.2) is 65.1 Å². The van der Waals surface area contributed by atoms with Crippen LogP contribution in [-0.2, 0) is 20.7 Å². The van der Waals surface area contributed by atoms with Gasteiger partial charge in [-0.2, -0.15) is 0 Å². The number of hydrogen-bond donors (Lipinski definition) is 3. The highest BCUT2D eigenvalue weighted by atomic mass is 35.5. The fourth-order valence-corrected chi connectivity index (χ4v) is 5.77. The Morgan fingerprint density at radius 3 is 2.16 bits per heavy atom. The number of ketones is 2. The second-order valence-corrected chi connectivity index (χ2v) is 11.2. The number of nitrogens with zero attached hydrogens (tertiary/aromatic N) is 1. The number of hydrogen-bond acceptors (Lipinski definition) is 8. The Bertz CT molecular complexity index is 1520. The predicted octanol–water partition coefficient (Wildman–Crippen LogP) is 5.29. The van der Waals surface area contributed by atoms with E-state index in [9.17, 15) is 29.4 Å². The number of unbranched alkanes of at least 4 members (excludes halogenated alkanes) is 1. The number of carbonyl (C=O) groups is 4. The van der Waals surface area contributed by atoms with Crippen molar-refractivity contribution in [2.24, 2.45) is 0 Å². The molecule has 9 nitrogen and oxygen atoms in total. The molecule has 2 atom stereocenters. The number of rotatable bonds is 15. The van der Waals surface area contributed by atoms with Gasteiger partial charge in [0.05, 0.1) is 11.1 Å². The number of benzene rings is 3. The van der Waals surface area contributed by atoms with E-state index in [1.54, 1.807) is 12.1 Å². The number of phenolic OH excluding ortho intramolecular Hbond substituents is 2. The van der Waals surface area contributed by atoms with Crippen molar-refractivity contribution in [3.8, 4) is 11.5 Å². The molecule has 232 valence electrons. The number of fused-ring (bicyclic) bond motifs is 2. The van der Waals surface area contributed by atoms with E-state index in [1.807, 2.05) is 36.1 Å². The highest BCUT2D eigenvalue weighted by Crippen LogP contribution is 2.43. The van der Waals surface area contributed by atoms with Gasteiger partial charge in [0.1, 0.15) is 23.6 Å². The summed E-state index contributed by atoms with van der Waals surface area (Å²) in [5, 5.41) is 24.7. The smallest absolute Gasteiger partial charge is 0.329 e. The predicted molar refractivity (Wildman–Crippen MR) is 168 cm³/mol. The minimum atomic E-state index is -1.07. The van der Waals surface area contributed by atoms with Gasteiger partial charge in [-0.3, -0.25) is 14.4 Å². The first kappa shape index (κ1) is 32.8. The number of ether oxygens (including phenoxy) is 1. The topological polar surface area (TPSA) is 133 Å². The van der Waals surface area contributed by atoms with E-state index in [4.69, 9.17) is 27.9 Å². The zero-order chi connectivity index (χ0) is 31.8. The Balaban J connectivity index is 1.61. The third kappa shape index (κ3) is 7.00. The highest BCUT2D eigenvalue weighted by Gasteiger charge is 2.37. The molecule has 0 radical (unpaired) electrons. The molecular formula is C33H34Cl2N2O7. The van der Waals surface area contributed by atoms with Crippen LogP contribution in [0.4, 0.5) is 5.69 Å². The molecule has 0 bridgehead atoms. The maximum Gasteiger partial charge on any atom is 0.329 e. The molecular weight excluding hydrogens is 607 g/mol. The Morgan fingerprint density at radius 2 is 1.59 bits per heavy atom. The molecule has 3 aromatic rings. The van der Waals surface area contributed by atoms with Gasteiger partial charge in [0, 0.05) is 53.6 Å². The molecule has 0 aromatic heterocycles. The third-order valence-electron chi connectivity index (χ3n) is 7.61. The summed E-state index contributed by atoms with van der Waals surface area (Å²) >= 11 is 11.8. The number of carbonyl (C=O) groups excluding carboxylic acids is 4. The summed E-state index contributed by atoms with van der Waals surface area (Å²) in [6, 6.07) is 13.7. The largest absolute Gasteiger partial charge is 0.507 e. The summed E-state index contributed by atoms with van der Waals surface area (Å²) in [6.07, 6.45) is 1.02. The van der Waals surface area contributed by atoms with Gasteiger partial charge in [-0.15, -0.1) is 23.2 Å². The van der Waals surface area contributed by atoms with Crippen LogP contribution in [0.2, 0.25) is 0 Å². The first-order valence-corrected chi connectivity index (χ1v) is 15.5. The molecule has 44 heavy (non-hydrogen) atoms. The van der Waals surface area contributed by atoms with Crippen molar-refractivity contribution in [3.63, 3.8) is 0 Å². The van der Waals surface area contributed by atoms with Crippen molar-refractivity contribution >= 4 is 52.8 Å². The molecule has 1 aliphatic rings. The Labute approximate surface area is 265 Å². The summed E-state index contributed by atoms with van der Waals surface area (Å²) < 4.78 is 5.84. The van der Waals surface area contributed by atoms with Crippen molar-refractivity contribution < 1.29 is 34.1 Å². The third-order valence-corrected chi connectivity index (χ3v) is 7.95. The maximum atomic E-state index is 13.4. The minimum absolute atomic E-state index is 0.00328. The lowest BCUT2D eigenvalue weighted by Crippen LogP contribution is -2.39. The summed E-state index contributed by atoms with van der Waals surface area (Å²) in [7, 11) is 0. The van der Waals surface area contributed by atoms with E-state index in [-0.39, 0.29) is 40.7 Å². The highest BCUT2D eigenvalue weighted by molar-refractivity contribution is 6.30. The molecule has 0 spiro atoms. The molecule has 11 heteroatoms. The molecule has 3 N–H and O–H groups in total. The maximum absolute atomic E-state index is 13.4. The summed E-state index contributed by atoms with van der Waals surface area (Å²) in [6.45, 7) is 3.17. The number of alkyl halides is 2. The van der Waals surface area contributed by atoms with Crippen molar-refractivity contribution in [2.75, 3.05) is 29.7 Å². The molecule has 1 unspecified atom stereocenters. The van der Waals surface area contributed by atoms with Gasteiger partial charge in [0.2, 0.25) is 6.41 Å².